The number of rotatable bonds is 2. The molecule has 0 unspecified atom stereocenters. The molecule has 0 aliphatic heterocycles. The van der Waals surface area contributed by atoms with Gasteiger partial charge in [0.2, 0.25) is 0 Å². The summed E-state index contributed by atoms with van der Waals surface area (Å²) in [6.45, 7) is 0. The van der Waals surface area contributed by atoms with Gasteiger partial charge in [-0.15, -0.1) is 0 Å². The lowest BCUT2D eigenvalue weighted by atomic mass is 10.2. The summed E-state index contributed by atoms with van der Waals surface area (Å²) in [4.78, 5) is 11.8. The zero-order chi connectivity index (χ0) is 14.9. The number of hydrogen-bond donors (Lipinski definition) is 1. The lowest BCUT2D eigenvalue weighted by molar-refractivity contribution is 0.102. The highest BCUT2D eigenvalue weighted by Crippen LogP contribution is 2.24. The molecule has 0 saturated heterocycles. The van der Waals surface area contributed by atoms with Crippen molar-refractivity contribution in [2.24, 2.45) is 0 Å². The molecule has 0 bridgehead atoms. The quantitative estimate of drug-likeness (QED) is 0.764. The van der Waals surface area contributed by atoms with Gasteiger partial charge in [0, 0.05) is 11.6 Å². The molecule has 0 aromatic heterocycles. The Bertz CT molecular complexity index is 694. The second-order valence-electron chi connectivity index (χ2n) is 3.83. The van der Waals surface area contributed by atoms with E-state index in [9.17, 15) is 18.0 Å². The highest BCUT2D eigenvalue weighted by Gasteiger charge is 2.13. The average Bonchev–Trinajstić information content (AvgIpc) is 2.39. The predicted molar refractivity (Wildman–Crippen MR) is 73.4 cm³/mol. The highest BCUT2D eigenvalue weighted by atomic mass is 79.9. The summed E-state index contributed by atoms with van der Waals surface area (Å²) in [5, 5.41) is 2.02. The van der Waals surface area contributed by atoms with Crippen LogP contribution in [0.3, 0.4) is 0 Å². The van der Waals surface area contributed by atoms with Gasteiger partial charge >= 0.3 is 0 Å². The molecule has 2 nitrogen and oxygen atoms in total. The molecule has 0 heterocycles. The van der Waals surface area contributed by atoms with Crippen LogP contribution < -0.4 is 5.32 Å². The second-order valence-corrected chi connectivity index (χ2v) is 5.09. The summed E-state index contributed by atoms with van der Waals surface area (Å²) >= 11 is 8.30. The van der Waals surface area contributed by atoms with Crippen molar-refractivity contribution < 1.29 is 18.0 Å². The minimum atomic E-state index is -0.818. The van der Waals surface area contributed by atoms with E-state index < -0.39 is 23.4 Å². The molecule has 0 saturated carbocycles. The van der Waals surface area contributed by atoms with Crippen LogP contribution >= 0.6 is 27.5 Å². The smallest absolute Gasteiger partial charge is 0.255 e. The first kappa shape index (κ1) is 14.9. The van der Waals surface area contributed by atoms with Gasteiger partial charge in [0.05, 0.1) is 15.2 Å². The zero-order valence-electron chi connectivity index (χ0n) is 9.68. The first-order valence-corrected chi connectivity index (χ1v) is 6.46. The predicted octanol–water partition coefficient (Wildman–Crippen LogP) is 4.77. The van der Waals surface area contributed by atoms with E-state index in [0.717, 1.165) is 18.2 Å². The third-order valence-corrected chi connectivity index (χ3v) is 3.35. The Morgan fingerprint density at radius 2 is 1.75 bits per heavy atom. The number of nitrogens with one attached hydrogen (secondary N) is 1. The molecular formula is C13H6BrClF3NO. The molecule has 2 rings (SSSR count). The van der Waals surface area contributed by atoms with Crippen molar-refractivity contribution in [2.45, 2.75) is 0 Å². The van der Waals surface area contributed by atoms with E-state index in [1.54, 1.807) is 0 Å². The van der Waals surface area contributed by atoms with Gasteiger partial charge in [0.25, 0.3) is 5.91 Å². The number of hydrogen-bond acceptors (Lipinski definition) is 1. The van der Waals surface area contributed by atoms with Crippen LogP contribution in [0.5, 0.6) is 0 Å². The molecule has 0 spiro atoms. The Kier molecular flexibility index (Phi) is 4.35. The van der Waals surface area contributed by atoms with Crippen molar-refractivity contribution in [2.75, 3.05) is 5.32 Å². The molecule has 2 aromatic carbocycles. The summed E-state index contributed by atoms with van der Waals surface area (Å²) < 4.78 is 40.0. The maximum absolute atomic E-state index is 13.5. The summed E-state index contributed by atoms with van der Waals surface area (Å²) in [6.07, 6.45) is 0. The van der Waals surface area contributed by atoms with E-state index in [-0.39, 0.29) is 20.7 Å². The Morgan fingerprint density at radius 1 is 1.05 bits per heavy atom. The fourth-order valence-corrected chi connectivity index (χ4v) is 1.88. The second kappa shape index (κ2) is 5.85. The molecule has 0 fully saturated rings. The lowest BCUT2D eigenvalue weighted by Crippen LogP contribution is -2.13. The number of anilines is 1. The molecular weight excluding hydrogens is 359 g/mol. The highest BCUT2D eigenvalue weighted by molar-refractivity contribution is 9.10. The van der Waals surface area contributed by atoms with Crippen LogP contribution in [0.1, 0.15) is 10.4 Å². The molecule has 104 valence electrons. The van der Waals surface area contributed by atoms with E-state index in [1.807, 2.05) is 0 Å². The lowest BCUT2D eigenvalue weighted by Gasteiger charge is -2.08. The van der Waals surface area contributed by atoms with Crippen molar-refractivity contribution in [3.8, 4) is 0 Å². The molecule has 7 heteroatoms. The first-order valence-electron chi connectivity index (χ1n) is 5.29. The molecule has 2 aromatic rings. The van der Waals surface area contributed by atoms with E-state index >= 15 is 0 Å². The fraction of sp³-hybridized carbons (Fsp3) is 0. The standard InChI is InChI=1S/C13H6BrClF3NO/c14-7-4-11(18)12(5-9(7)16)19-13(20)6-1-2-8(15)10(17)3-6/h1-5H,(H,19,20). The largest absolute Gasteiger partial charge is 0.319 e. The third kappa shape index (κ3) is 3.13. The third-order valence-electron chi connectivity index (χ3n) is 2.44. The van der Waals surface area contributed by atoms with Gasteiger partial charge in [-0.1, -0.05) is 11.6 Å². The number of benzene rings is 2. The van der Waals surface area contributed by atoms with Crippen LogP contribution in [-0.2, 0) is 0 Å². The van der Waals surface area contributed by atoms with Gasteiger partial charge in [0.15, 0.2) is 0 Å². The van der Waals surface area contributed by atoms with E-state index in [1.165, 1.54) is 12.1 Å². The molecule has 1 N–H and O–H groups in total. The first-order chi connectivity index (χ1) is 9.38. The van der Waals surface area contributed by atoms with Gasteiger partial charge in [-0.2, -0.15) is 0 Å². The number of carbonyl (C=O) groups excluding carboxylic acids is 1. The molecule has 0 aliphatic rings. The maximum atomic E-state index is 13.5. The van der Waals surface area contributed by atoms with Crippen molar-refractivity contribution in [1.82, 2.24) is 0 Å². The Morgan fingerprint density at radius 3 is 2.40 bits per heavy atom. The Balaban J connectivity index is 2.27. The van der Waals surface area contributed by atoms with Gasteiger partial charge in [0.1, 0.15) is 17.5 Å². The van der Waals surface area contributed by atoms with Crippen molar-refractivity contribution >= 4 is 39.1 Å². The van der Waals surface area contributed by atoms with Crippen molar-refractivity contribution in [1.29, 1.82) is 0 Å². The van der Waals surface area contributed by atoms with Crippen molar-refractivity contribution in [3.63, 3.8) is 0 Å². The minimum absolute atomic E-state index is 0.0605. The Labute approximate surface area is 125 Å². The van der Waals surface area contributed by atoms with E-state index in [0.29, 0.717) is 0 Å². The normalized spacial score (nSPS) is 10.4. The van der Waals surface area contributed by atoms with Crippen LogP contribution in [0.15, 0.2) is 34.8 Å². The minimum Gasteiger partial charge on any atom is -0.319 e. The van der Waals surface area contributed by atoms with Gasteiger partial charge < -0.3 is 5.32 Å². The topological polar surface area (TPSA) is 29.1 Å². The Hall–Kier alpha value is -1.53. The van der Waals surface area contributed by atoms with Crippen LogP contribution in [-0.4, -0.2) is 5.91 Å². The molecule has 0 atom stereocenters. The van der Waals surface area contributed by atoms with E-state index in [4.69, 9.17) is 11.6 Å². The van der Waals surface area contributed by atoms with E-state index in [2.05, 4.69) is 21.2 Å². The summed E-state index contributed by atoms with van der Waals surface area (Å²) in [7, 11) is 0. The van der Waals surface area contributed by atoms with Gasteiger partial charge in [-0.3, -0.25) is 4.79 Å². The summed E-state index contributed by atoms with van der Waals surface area (Å²) in [5.74, 6) is -3.10. The molecule has 1 amide bonds. The zero-order valence-corrected chi connectivity index (χ0v) is 12.0. The monoisotopic (exact) mass is 363 g/mol. The summed E-state index contributed by atoms with van der Waals surface area (Å²) in [6, 6.07) is 5.08. The van der Waals surface area contributed by atoms with Crippen LogP contribution in [0.4, 0.5) is 18.9 Å². The van der Waals surface area contributed by atoms with Gasteiger partial charge in [-0.25, -0.2) is 13.2 Å². The van der Waals surface area contributed by atoms with Crippen LogP contribution in [0, 0.1) is 17.5 Å². The molecule has 20 heavy (non-hydrogen) atoms. The molecule has 0 radical (unpaired) electrons. The fourth-order valence-electron chi connectivity index (χ4n) is 1.45. The van der Waals surface area contributed by atoms with Gasteiger partial charge in [-0.05, 0) is 40.2 Å². The number of halogens is 5. The van der Waals surface area contributed by atoms with Crippen LogP contribution in [0.2, 0.25) is 5.02 Å². The maximum Gasteiger partial charge on any atom is 0.255 e. The van der Waals surface area contributed by atoms with Crippen molar-refractivity contribution in [3.05, 3.63) is 62.8 Å². The SMILES string of the molecule is O=C(Nc1cc(F)c(Br)cc1F)c1ccc(Cl)c(F)c1. The number of carbonyl (C=O) groups is 1. The summed E-state index contributed by atoms with van der Waals surface area (Å²) in [5.41, 5.74) is -0.402. The molecule has 0 aliphatic carbocycles. The number of amides is 1. The van der Waals surface area contributed by atoms with Crippen LogP contribution in [0.25, 0.3) is 0 Å². The average molecular weight is 365 g/mol.